The summed E-state index contributed by atoms with van der Waals surface area (Å²) in [7, 11) is 4.03. The first kappa shape index (κ1) is 23.2. The highest BCUT2D eigenvalue weighted by Gasteiger charge is 2.31. The first-order chi connectivity index (χ1) is 16.7. The van der Waals surface area contributed by atoms with Gasteiger partial charge < -0.3 is 24.2 Å². The molecule has 1 atom stereocenters. The molecule has 0 aliphatic carbocycles. The van der Waals surface area contributed by atoms with Crippen LogP contribution in [-0.2, 0) is 6.54 Å². The monoisotopic (exact) mass is 480 g/mol. The van der Waals surface area contributed by atoms with Gasteiger partial charge in [0.15, 0.2) is 11.6 Å². The molecule has 2 aliphatic heterocycles. The molecule has 184 valence electrons. The van der Waals surface area contributed by atoms with Crippen LogP contribution in [0.1, 0.15) is 28.9 Å². The summed E-state index contributed by atoms with van der Waals surface area (Å²) in [6.07, 6.45) is 1.35. The molecule has 0 amide bonds. The molecular weight excluding hydrogens is 451 g/mol. The van der Waals surface area contributed by atoms with Crippen LogP contribution in [0.5, 0.6) is 5.75 Å². The molecule has 1 aromatic heterocycles. The number of halogens is 1. The molecule has 0 radical (unpaired) electrons. The lowest BCUT2D eigenvalue weighted by atomic mass is 10.1. The van der Waals surface area contributed by atoms with Crippen LogP contribution in [0.2, 0.25) is 0 Å². The third-order valence-corrected chi connectivity index (χ3v) is 6.92. The highest BCUT2D eigenvalue weighted by Crippen LogP contribution is 2.42. The van der Waals surface area contributed by atoms with E-state index in [9.17, 15) is 14.7 Å². The van der Waals surface area contributed by atoms with Gasteiger partial charge in [-0.1, -0.05) is 12.1 Å². The van der Waals surface area contributed by atoms with Crippen molar-refractivity contribution in [3.8, 4) is 5.75 Å². The Balaban J connectivity index is 1.42. The number of anilines is 2. The van der Waals surface area contributed by atoms with Crippen molar-refractivity contribution in [3.05, 3.63) is 63.7 Å². The van der Waals surface area contributed by atoms with Gasteiger partial charge in [0.1, 0.15) is 17.9 Å². The molecule has 9 heteroatoms. The quantitative estimate of drug-likeness (QED) is 0.601. The third-order valence-electron chi connectivity index (χ3n) is 6.92. The Kier molecular flexibility index (Phi) is 5.88. The van der Waals surface area contributed by atoms with Gasteiger partial charge in [-0.15, -0.1) is 0 Å². The Bertz CT molecular complexity index is 1340. The summed E-state index contributed by atoms with van der Waals surface area (Å²) in [6.45, 7) is 5.71. The number of hydrogen-bond acceptors (Lipinski definition) is 6. The van der Waals surface area contributed by atoms with E-state index in [1.807, 2.05) is 25.9 Å². The van der Waals surface area contributed by atoms with Crippen molar-refractivity contribution in [2.75, 3.05) is 56.7 Å². The van der Waals surface area contributed by atoms with Crippen LogP contribution >= 0.6 is 0 Å². The van der Waals surface area contributed by atoms with E-state index in [1.165, 1.54) is 17.8 Å². The molecule has 2 aliphatic rings. The van der Waals surface area contributed by atoms with E-state index in [2.05, 4.69) is 34.1 Å². The molecule has 35 heavy (non-hydrogen) atoms. The number of ether oxygens (including phenoxy) is 1. The van der Waals surface area contributed by atoms with Gasteiger partial charge in [0.2, 0.25) is 5.43 Å². The Morgan fingerprint density at radius 1 is 1.17 bits per heavy atom. The molecule has 3 heterocycles. The number of rotatable bonds is 5. The molecule has 5 rings (SSSR count). The van der Waals surface area contributed by atoms with Crippen LogP contribution in [0.4, 0.5) is 15.8 Å². The predicted molar refractivity (Wildman–Crippen MR) is 134 cm³/mol. The van der Waals surface area contributed by atoms with E-state index >= 15 is 4.39 Å². The van der Waals surface area contributed by atoms with Gasteiger partial charge in [-0.3, -0.25) is 9.69 Å². The topological polar surface area (TPSA) is 78.2 Å². The number of carbonyl (C=O) groups is 1. The second-order valence-electron chi connectivity index (χ2n) is 9.50. The fourth-order valence-corrected chi connectivity index (χ4v) is 4.95. The van der Waals surface area contributed by atoms with Crippen molar-refractivity contribution >= 4 is 28.2 Å². The van der Waals surface area contributed by atoms with Crippen LogP contribution in [0.25, 0.3) is 10.9 Å². The number of carboxylic acid groups (broad SMARTS) is 1. The molecule has 1 N–H and O–H groups in total. The number of carboxylic acids is 1. The zero-order chi connectivity index (χ0) is 24.9. The Hall–Kier alpha value is -3.59. The minimum Gasteiger partial charge on any atom is -0.487 e. The fourth-order valence-electron chi connectivity index (χ4n) is 4.95. The number of nitrogens with zero attached hydrogens (tertiary/aromatic N) is 4. The van der Waals surface area contributed by atoms with Crippen molar-refractivity contribution in [2.24, 2.45) is 0 Å². The van der Waals surface area contributed by atoms with Crippen molar-refractivity contribution in [1.29, 1.82) is 0 Å². The van der Waals surface area contributed by atoms with Gasteiger partial charge in [0.25, 0.3) is 0 Å². The molecule has 0 saturated carbocycles. The second kappa shape index (κ2) is 8.88. The van der Waals surface area contributed by atoms with E-state index in [0.29, 0.717) is 30.0 Å². The number of pyridine rings is 1. The average molecular weight is 481 g/mol. The highest BCUT2D eigenvalue weighted by molar-refractivity contribution is 5.97. The smallest absolute Gasteiger partial charge is 0.341 e. The van der Waals surface area contributed by atoms with Crippen LogP contribution in [0, 0.1) is 5.82 Å². The second-order valence-corrected chi connectivity index (χ2v) is 9.50. The minimum absolute atomic E-state index is 0.0347. The number of aromatic carboxylic acids is 1. The number of piperazine rings is 1. The maximum absolute atomic E-state index is 15.4. The van der Waals surface area contributed by atoms with E-state index in [0.717, 1.165) is 25.3 Å². The van der Waals surface area contributed by atoms with Gasteiger partial charge in [-0.2, -0.15) is 0 Å². The summed E-state index contributed by atoms with van der Waals surface area (Å²) < 4.78 is 23.1. The van der Waals surface area contributed by atoms with E-state index in [4.69, 9.17) is 4.74 Å². The van der Waals surface area contributed by atoms with Gasteiger partial charge in [-0.25, -0.2) is 9.18 Å². The molecule has 2 aromatic carbocycles. The molecule has 1 saturated heterocycles. The summed E-state index contributed by atoms with van der Waals surface area (Å²) in [5.41, 5.74) is 2.12. The van der Waals surface area contributed by atoms with E-state index < -0.39 is 17.2 Å². The van der Waals surface area contributed by atoms with Gasteiger partial charge >= 0.3 is 5.97 Å². The molecule has 0 bridgehead atoms. The number of hydrogen-bond donors (Lipinski definition) is 1. The lowest BCUT2D eigenvalue weighted by Crippen LogP contribution is -2.46. The summed E-state index contributed by atoms with van der Waals surface area (Å²) >= 11 is 0. The number of aromatic nitrogens is 1. The van der Waals surface area contributed by atoms with Gasteiger partial charge in [-0.05, 0) is 30.7 Å². The molecule has 3 aromatic rings. The normalized spacial score (nSPS) is 17.9. The summed E-state index contributed by atoms with van der Waals surface area (Å²) in [4.78, 5) is 30.8. The number of benzene rings is 2. The lowest BCUT2D eigenvalue weighted by molar-refractivity contribution is 0.0694. The van der Waals surface area contributed by atoms with Crippen molar-refractivity contribution < 1.29 is 19.0 Å². The maximum Gasteiger partial charge on any atom is 0.341 e. The Morgan fingerprint density at radius 2 is 1.86 bits per heavy atom. The maximum atomic E-state index is 15.4. The predicted octanol–water partition coefficient (Wildman–Crippen LogP) is 3.18. The van der Waals surface area contributed by atoms with Crippen molar-refractivity contribution in [1.82, 2.24) is 9.47 Å². The molecule has 8 nitrogen and oxygen atoms in total. The van der Waals surface area contributed by atoms with E-state index in [1.54, 1.807) is 4.57 Å². The van der Waals surface area contributed by atoms with E-state index in [-0.39, 0.29) is 23.6 Å². The van der Waals surface area contributed by atoms with Crippen LogP contribution in [0.3, 0.4) is 0 Å². The third kappa shape index (κ3) is 4.10. The minimum atomic E-state index is -1.32. The molecule has 1 fully saturated rings. The highest BCUT2D eigenvalue weighted by atomic mass is 19.1. The average Bonchev–Trinajstić information content (AvgIpc) is 2.83. The molecule has 0 spiro atoms. The summed E-state index contributed by atoms with van der Waals surface area (Å²) in [5.74, 6) is -1.57. The van der Waals surface area contributed by atoms with Crippen LogP contribution < -0.4 is 20.0 Å². The van der Waals surface area contributed by atoms with Crippen LogP contribution in [-0.4, -0.2) is 67.4 Å². The standard InChI is InChI=1S/C26H29FN4O4/c1-16-15-35-25-22-19(24(32)20(26(33)34)14-31(16)22)12-21(27)23(25)30-10-8-29(9-11-30)13-17-4-6-18(7-5-17)28(2)3/h4-7,12,14,16H,8-11,13,15H2,1-3H3,(H,33,34)/t16-/m0/s1. The summed E-state index contributed by atoms with van der Waals surface area (Å²) in [6, 6.07) is 9.46. The molecule has 0 unspecified atom stereocenters. The zero-order valence-electron chi connectivity index (χ0n) is 20.1. The first-order valence-electron chi connectivity index (χ1n) is 11.8. The first-order valence-corrected chi connectivity index (χ1v) is 11.8. The van der Waals surface area contributed by atoms with Crippen molar-refractivity contribution in [3.63, 3.8) is 0 Å². The van der Waals surface area contributed by atoms with Gasteiger partial charge in [0.05, 0.1) is 16.9 Å². The van der Waals surface area contributed by atoms with Crippen molar-refractivity contribution in [2.45, 2.75) is 19.5 Å². The lowest BCUT2D eigenvalue weighted by Gasteiger charge is -2.38. The van der Waals surface area contributed by atoms with Gasteiger partial charge in [0, 0.05) is 58.7 Å². The largest absolute Gasteiger partial charge is 0.487 e. The Morgan fingerprint density at radius 3 is 2.49 bits per heavy atom. The zero-order valence-corrected chi connectivity index (χ0v) is 20.1. The summed E-state index contributed by atoms with van der Waals surface area (Å²) in [5, 5.41) is 9.50. The van der Waals surface area contributed by atoms with Crippen LogP contribution in [0.15, 0.2) is 41.3 Å². The fraction of sp³-hybridized carbons (Fsp3) is 0.385. The SMILES string of the molecule is C[C@H]1COc2c(N3CCN(Cc4ccc(N(C)C)cc4)CC3)c(F)cc3c(=O)c(C(=O)O)cn1c23. The molecular formula is C26H29FN4O4. The Labute approximate surface area is 202 Å².